The molecule has 0 fully saturated rings. The molecule has 4 nitrogen and oxygen atoms in total. The Kier molecular flexibility index (Phi) is 3.28. The second-order valence-corrected chi connectivity index (χ2v) is 4.87. The monoisotopic (exact) mass is 249 g/mol. The highest BCUT2D eigenvalue weighted by Crippen LogP contribution is 2.22. The van der Waals surface area contributed by atoms with Gasteiger partial charge < -0.3 is 0 Å². The van der Waals surface area contributed by atoms with E-state index in [1.54, 1.807) is 24.3 Å². The number of hydrogen-bond acceptors (Lipinski definition) is 4. The average Bonchev–Trinajstić information content (AvgIpc) is 2.56. The van der Waals surface area contributed by atoms with Gasteiger partial charge in [0.2, 0.25) is 5.12 Å². The molecular weight excluding hydrogens is 238 g/mol. The maximum absolute atomic E-state index is 11.9. The van der Waals surface area contributed by atoms with E-state index >= 15 is 0 Å². The van der Waals surface area contributed by atoms with Crippen LogP contribution in [-0.4, -0.2) is 34.1 Å². The van der Waals surface area contributed by atoms with Crippen LogP contribution in [0.15, 0.2) is 24.3 Å². The SMILES string of the molecule is CCSC(=O)CN1C(=O)c2ccccc2C1=O. The molecule has 0 spiro atoms. The van der Waals surface area contributed by atoms with Crippen molar-refractivity contribution in [3.63, 3.8) is 0 Å². The average molecular weight is 249 g/mol. The summed E-state index contributed by atoms with van der Waals surface area (Å²) in [6.45, 7) is 1.70. The number of hydrogen-bond donors (Lipinski definition) is 0. The van der Waals surface area contributed by atoms with Gasteiger partial charge in [-0.05, 0) is 17.9 Å². The van der Waals surface area contributed by atoms with Gasteiger partial charge >= 0.3 is 0 Å². The van der Waals surface area contributed by atoms with Gasteiger partial charge in [0.1, 0.15) is 0 Å². The molecule has 0 saturated heterocycles. The van der Waals surface area contributed by atoms with E-state index in [4.69, 9.17) is 0 Å². The van der Waals surface area contributed by atoms with Crippen molar-refractivity contribution in [2.75, 3.05) is 12.3 Å². The van der Waals surface area contributed by atoms with E-state index in [0.717, 1.165) is 16.7 Å². The molecule has 2 rings (SSSR count). The molecule has 2 amide bonds. The van der Waals surface area contributed by atoms with E-state index in [1.165, 1.54) is 0 Å². The summed E-state index contributed by atoms with van der Waals surface area (Å²) >= 11 is 1.12. The lowest BCUT2D eigenvalue weighted by Crippen LogP contribution is -2.33. The Morgan fingerprint density at radius 1 is 1.18 bits per heavy atom. The molecule has 0 atom stereocenters. The summed E-state index contributed by atoms with van der Waals surface area (Å²) in [4.78, 5) is 36.2. The first kappa shape index (κ1) is 11.9. The Morgan fingerprint density at radius 2 is 1.71 bits per heavy atom. The quantitative estimate of drug-likeness (QED) is 0.763. The van der Waals surface area contributed by atoms with Gasteiger partial charge in [-0.25, -0.2) is 0 Å². The molecule has 0 saturated carbocycles. The van der Waals surface area contributed by atoms with Gasteiger partial charge in [-0.15, -0.1) is 0 Å². The molecule has 1 aliphatic rings. The molecule has 1 aromatic rings. The fourth-order valence-electron chi connectivity index (χ4n) is 1.72. The van der Waals surface area contributed by atoms with Crippen LogP contribution in [0.3, 0.4) is 0 Å². The molecule has 0 N–H and O–H groups in total. The Labute approximate surface area is 103 Å². The molecule has 0 aliphatic carbocycles. The molecule has 1 aromatic carbocycles. The summed E-state index contributed by atoms with van der Waals surface area (Å²) in [7, 11) is 0. The van der Waals surface area contributed by atoms with Gasteiger partial charge in [0.15, 0.2) is 0 Å². The largest absolute Gasteiger partial charge is 0.285 e. The second-order valence-electron chi connectivity index (χ2n) is 3.55. The molecule has 0 aromatic heterocycles. The van der Waals surface area contributed by atoms with Crippen LogP contribution in [0.1, 0.15) is 27.6 Å². The van der Waals surface area contributed by atoms with Crippen molar-refractivity contribution in [1.82, 2.24) is 4.90 Å². The van der Waals surface area contributed by atoms with Crippen LogP contribution in [0.2, 0.25) is 0 Å². The van der Waals surface area contributed by atoms with E-state index in [9.17, 15) is 14.4 Å². The Balaban J connectivity index is 2.22. The molecular formula is C12H11NO3S. The summed E-state index contributed by atoms with van der Waals surface area (Å²) in [5.74, 6) is -0.117. The molecule has 0 unspecified atom stereocenters. The van der Waals surface area contributed by atoms with Gasteiger partial charge in [0, 0.05) is 0 Å². The minimum Gasteiger partial charge on any atom is -0.285 e. The normalized spacial score (nSPS) is 14.1. The van der Waals surface area contributed by atoms with Crippen molar-refractivity contribution < 1.29 is 14.4 Å². The molecule has 17 heavy (non-hydrogen) atoms. The number of carbonyl (C=O) groups excluding carboxylic acids is 3. The van der Waals surface area contributed by atoms with Crippen LogP contribution in [0, 0.1) is 0 Å². The van der Waals surface area contributed by atoms with Gasteiger partial charge in [0.05, 0.1) is 17.7 Å². The standard InChI is InChI=1S/C12H11NO3S/c1-2-17-10(14)7-13-11(15)8-5-3-4-6-9(8)12(13)16/h3-6H,2,7H2,1H3. The van der Waals surface area contributed by atoms with Crippen LogP contribution in [0.4, 0.5) is 0 Å². The maximum Gasteiger partial charge on any atom is 0.261 e. The minimum atomic E-state index is -0.379. The lowest BCUT2D eigenvalue weighted by Gasteiger charge is -2.11. The van der Waals surface area contributed by atoms with Crippen LogP contribution in [0.25, 0.3) is 0 Å². The first-order valence-corrected chi connectivity index (χ1v) is 6.24. The summed E-state index contributed by atoms with van der Waals surface area (Å²) in [6.07, 6.45) is 0. The number of thioether (sulfide) groups is 1. The minimum absolute atomic E-state index is 0.148. The summed E-state index contributed by atoms with van der Waals surface area (Å²) in [6, 6.07) is 6.62. The zero-order valence-electron chi connectivity index (χ0n) is 9.30. The van der Waals surface area contributed by atoms with Crippen molar-refractivity contribution in [3.05, 3.63) is 35.4 Å². The molecule has 1 aliphatic heterocycles. The zero-order chi connectivity index (χ0) is 12.4. The molecule has 5 heteroatoms. The smallest absolute Gasteiger partial charge is 0.261 e. The van der Waals surface area contributed by atoms with Crippen LogP contribution < -0.4 is 0 Å². The number of nitrogens with zero attached hydrogens (tertiary/aromatic N) is 1. The Hall–Kier alpha value is -1.62. The van der Waals surface area contributed by atoms with Crippen molar-refractivity contribution in [2.24, 2.45) is 0 Å². The van der Waals surface area contributed by atoms with Crippen molar-refractivity contribution >= 4 is 28.7 Å². The number of amides is 2. The van der Waals surface area contributed by atoms with E-state index in [0.29, 0.717) is 16.9 Å². The summed E-state index contributed by atoms with van der Waals surface area (Å²) < 4.78 is 0. The fraction of sp³-hybridized carbons (Fsp3) is 0.250. The van der Waals surface area contributed by atoms with Gasteiger partial charge in [-0.3, -0.25) is 19.3 Å². The predicted molar refractivity (Wildman–Crippen MR) is 64.9 cm³/mol. The van der Waals surface area contributed by atoms with Gasteiger partial charge in [0.25, 0.3) is 11.8 Å². The highest BCUT2D eigenvalue weighted by Gasteiger charge is 2.35. The van der Waals surface area contributed by atoms with Crippen molar-refractivity contribution in [1.29, 1.82) is 0 Å². The Bertz CT molecular complexity index is 463. The molecule has 88 valence electrons. The molecule has 0 radical (unpaired) electrons. The third-order valence-electron chi connectivity index (χ3n) is 2.47. The number of imide groups is 1. The zero-order valence-corrected chi connectivity index (χ0v) is 10.1. The lowest BCUT2D eigenvalue weighted by atomic mass is 10.1. The number of fused-ring (bicyclic) bond motifs is 1. The highest BCUT2D eigenvalue weighted by molar-refractivity contribution is 8.13. The number of benzene rings is 1. The first-order chi connectivity index (χ1) is 8.15. The van der Waals surface area contributed by atoms with Crippen molar-refractivity contribution in [2.45, 2.75) is 6.92 Å². The predicted octanol–water partition coefficient (Wildman–Crippen LogP) is 1.56. The molecule has 0 bridgehead atoms. The van der Waals surface area contributed by atoms with E-state index in [1.807, 2.05) is 6.92 Å². The highest BCUT2D eigenvalue weighted by atomic mass is 32.2. The lowest BCUT2D eigenvalue weighted by molar-refractivity contribution is -0.111. The van der Waals surface area contributed by atoms with Crippen LogP contribution in [0.5, 0.6) is 0 Å². The maximum atomic E-state index is 11.9. The van der Waals surface area contributed by atoms with Gasteiger partial charge in [-0.2, -0.15) is 0 Å². The molecule has 1 heterocycles. The number of carbonyl (C=O) groups is 3. The Morgan fingerprint density at radius 3 is 2.18 bits per heavy atom. The third kappa shape index (κ3) is 2.10. The van der Waals surface area contributed by atoms with Crippen LogP contribution >= 0.6 is 11.8 Å². The van der Waals surface area contributed by atoms with Crippen molar-refractivity contribution in [3.8, 4) is 0 Å². The number of rotatable bonds is 3. The van der Waals surface area contributed by atoms with E-state index in [2.05, 4.69) is 0 Å². The van der Waals surface area contributed by atoms with E-state index < -0.39 is 0 Å². The topological polar surface area (TPSA) is 54.5 Å². The fourth-order valence-corrected chi connectivity index (χ4v) is 2.26. The summed E-state index contributed by atoms with van der Waals surface area (Å²) in [5.41, 5.74) is 0.763. The van der Waals surface area contributed by atoms with Crippen LogP contribution in [-0.2, 0) is 4.79 Å². The van der Waals surface area contributed by atoms with Gasteiger partial charge in [-0.1, -0.05) is 30.8 Å². The third-order valence-corrected chi connectivity index (χ3v) is 3.21. The first-order valence-electron chi connectivity index (χ1n) is 5.26. The second kappa shape index (κ2) is 4.71. The van der Waals surface area contributed by atoms with E-state index in [-0.39, 0.29) is 23.5 Å². The summed E-state index contributed by atoms with van der Waals surface area (Å²) in [5, 5.41) is -0.165.